The standard InChI is InChI=1S/C24H29N7O8S2.C2HF3O2/c1-24(2)17(22(33)31(24)39-41(34,35)36)12-19(32)20(18-13-40-23(26)29-18)30-38-10-9-37-15-3-4-16-14(11-15)5-7-27-21(16)28-8-6-25;3-2(4,5)1(6)7/h3-5,7,11,13,17H,6,8-10,12,25H2,1-2H3,(H2,26,29)(H,27,28)(H,34,35,36);(H,6,7)/p-1/b30-20-;. The van der Waals surface area contributed by atoms with Crippen molar-refractivity contribution in [1.29, 1.82) is 0 Å². The topological polar surface area (TPSA) is 262 Å². The minimum Gasteiger partial charge on any atom is -0.542 e. The molecule has 4 rings (SSSR count). The number of carbonyl (C=O) groups is 3. The minimum atomic E-state index is -5.19. The number of nitrogens with one attached hydrogen (secondary N) is 1. The number of aromatic nitrogens is 2. The lowest BCUT2D eigenvalue weighted by molar-refractivity contribution is -0.344. The third-order valence-electron chi connectivity index (χ3n) is 6.46. The number of pyridine rings is 1. The molecule has 3 aromatic rings. The highest BCUT2D eigenvalue weighted by atomic mass is 32.3. The molecule has 6 N–H and O–H groups in total. The lowest BCUT2D eigenvalue weighted by atomic mass is 9.74. The summed E-state index contributed by atoms with van der Waals surface area (Å²) in [5.41, 5.74) is 10.1. The van der Waals surface area contributed by atoms with Crippen molar-refractivity contribution in [2.45, 2.75) is 32.0 Å². The molecule has 1 aromatic carbocycles. The molecular formula is C26H29F3N7O10S2-. The largest absolute Gasteiger partial charge is 0.542 e. The first-order valence-electron chi connectivity index (χ1n) is 13.5. The Hall–Kier alpha value is -4.64. The molecule has 1 fully saturated rings. The SMILES string of the molecule is CC1(C)C(CC(=O)/C(=N\OCCOc2ccc3c(NCCN)nccc3c2)c2csc(N)n2)C(=O)N1OS(=O)(=O)O.O=C([O-])C(F)(F)F. The molecule has 48 heavy (non-hydrogen) atoms. The van der Waals surface area contributed by atoms with Crippen LogP contribution >= 0.6 is 11.3 Å². The van der Waals surface area contributed by atoms with Gasteiger partial charge < -0.3 is 36.3 Å². The van der Waals surface area contributed by atoms with Gasteiger partial charge in [-0.15, -0.1) is 15.6 Å². The van der Waals surface area contributed by atoms with E-state index in [-0.39, 0.29) is 36.2 Å². The zero-order valence-electron chi connectivity index (χ0n) is 25.1. The van der Waals surface area contributed by atoms with Crippen LogP contribution in [0.3, 0.4) is 0 Å². The van der Waals surface area contributed by atoms with Crippen molar-refractivity contribution in [3.63, 3.8) is 0 Å². The Labute approximate surface area is 274 Å². The Kier molecular flexibility index (Phi) is 12.2. The van der Waals surface area contributed by atoms with Gasteiger partial charge in [-0.25, -0.2) is 9.97 Å². The predicted molar refractivity (Wildman–Crippen MR) is 162 cm³/mol. The van der Waals surface area contributed by atoms with Gasteiger partial charge in [-0.1, -0.05) is 5.16 Å². The number of oxime groups is 1. The van der Waals surface area contributed by atoms with E-state index in [1.807, 2.05) is 18.2 Å². The number of rotatable bonds is 14. The van der Waals surface area contributed by atoms with Crippen LogP contribution in [0.4, 0.5) is 24.1 Å². The average Bonchev–Trinajstić information content (AvgIpc) is 3.43. The molecule has 0 saturated carbocycles. The van der Waals surface area contributed by atoms with E-state index in [1.54, 1.807) is 12.3 Å². The molecule has 0 aliphatic carbocycles. The minimum absolute atomic E-state index is 0.0160. The van der Waals surface area contributed by atoms with E-state index >= 15 is 0 Å². The monoisotopic (exact) mass is 720 g/mol. The van der Waals surface area contributed by atoms with Gasteiger partial charge in [0.25, 0.3) is 5.91 Å². The number of amides is 1. The fourth-order valence-corrected chi connectivity index (χ4v) is 5.17. The van der Waals surface area contributed by atoms with Crippen molar-refractivity contribution in [3.8, 4) is 5.75 Å². The number of hydrogen-bond donors (Lipinski definition) is 4. The number of Topliss-reactive ketones (excluding diaryl/α,β-unsaturated/α-hetero) is 1. The molecule has 1 amide bonds. The van der Waals surface area contributed by atoms with E-state index in [0.717, 1.165) is 27.9 Å². The summed E-state index contributed by atoms with van der Waals surface area (Å²) in [5.74, 6) is -4.02. The van der Waals surface area contributed by atoms with Crippen LogP contribution in [0, 0.1) is 5.92 Å². The molecular weight excluding hydrogens is 691 g/mol. The van der Waals surface area contributed by atoms with Crippen LogP contribution in [0.25, 0.3) is 10.8 Å². The Balaban J connectivity index is 0.000000804. The van der Waals surface area contributed by atoms with Gasteiger partial charge in [-0.05, 0) is 43.5 Å². The smallest absolute Gasteiger partial charge is 0.430 e. The number of ketones is 1. The second-order valence-electron chi connectivity index (χ2n) is 10.2. The Morgan fingerprint density at radius 2 is 1.94 bits per heavy atom. The highest BCUT2D eigenvalue weighted by Gasteiger charge is 2.57. The number of halogens is 3. The number of nitrogens with two attached hydrogens (primary N) is 2. The highest BCUT2D eigenvalue weighted by molar-refractivity contribution is 7.80. The second-order valence-corrected chi connectivity index (χ2v) is 12.1. The molecule has 262 valence electrons. The fourth-order valence-electron chi connectivity index (χ4n) is 4.17. The van der Waals surface area contributed by atoms with E-state index in [0.29, 0.717) is 23.9 Å². The van der Waals surface area contributed by atoms with Gasteiger partial charge in [-0.2, -0.15) is 26.7 Å². The molecule has 1 saturated heterocycles. The van der Waals surface area contributed by atoms with Gasteiger partial charge in [-0.3, -0.25) is 14.1 Å². The summed E-state index contributed by atoms with van der Waals surface area (Å²) in [4.78, 5) is 48.2. The molecule has 2 aromatic heterocycles. The number of thiazole rings is 1. The fraction of sp³-hybridized carbons (Fsp3) is 0.385. The molecule has 0 spiro atoms. The Morgan fingerprint density at radius 3 is 2.50 bits per heavy atom. The third-order valence-corrected chi connectivity index (χ3v) is 7.48. The number of carboxylic acid groups (broad SMARTS) is 1. The van der Waals surface area contributed by atoms with Gasteiger partial charge >= 0.3 is 16.6 Å². The maximum Gasteiger partial charge on any atom is 0.430 e. The number of fused-ring (bicyclic) bond motifs is 1. The van der Waals surface area contributed by atoms with Crippen molar-refractivity contribution in [3.05, 3.63) is 41.5 Å². The maximum atomic E-state index is 13.2. The third kappa shape index (κ3) is 9.93. The van der Waals surface area contributed by atoms with Gasteiger partial charge in [0.15, 0.2) is 23.2 Å². The number of nitrogens with zero attached hydrogens (tertiary/aromatic N) is 4. The van der Waals surface area contributed by atoms with Crippen LogP contribution < -0.4 is 26.6 Å². The first-order valence-corrected chi connectivity index (χ1v) is 15.8. The number of hydroxylamine groups is 2. The van der Waals surface area contributed by atoms with Crippen molar-refractivity contribution in [1.82, 2.24) is 15.0 Å². The zero-order valence-corrected chi connectivity index (χ0v) is 26.7. The van der Waals surface area contributed by atoms with E-state index in [4.69, 9.17) is 35.5 Å². The predicted octanol–water partition coefficient (Wildman–Crippen LogP) is 0.673. The first-order chi connectivity index (χ1) is 22.3. The van der Waals surface area contributed by atoms with Crippen molar-refractivity contribution in [2.24, 2.45) is 16.8 Å². The molecule has 1 aliphatic rings. The van der Waals surface area contributed by atoms with Gasteiger partial charge in [0.1, 0.15) is 29.8 Å². The number of nitrogen functional groups attached to an aromatic ring is 1. The summed E-state index contributed by atoms with van der Waals surface area (Å²) in [6.07, 6.45) is -3.86. The summed E-state index contributed by atoms with van der Waals surface area (Å²) < 4.78 is 72.7. The number of alkyl halides is 3. The Morgan fingerprint density at radius 1 is 1.25 bits per heavy atom. The number of carbonyl (C=O) groups excluding carboxylic acids is 3. The number of β-lactam (4-membered cyclic amide) rings is 1. The van der Waals surface area contributed by atoms with Crippen LogP contribution in [0.1, 0.15) is 26.0 Å². The van der Waals surface area contributed by atoms with E-state index in [2.05, 4.69) is 24.7 Å². The molecule has 1 atom stereocenters. The average molecular weight is 721 g/mol. The van der Waals surface area contributed by atoms with Crippen molar-refractivity contribution < 1.29 is 59.5 Å². The maximum absolute atomic E-state index is 13.2. The van der Waals surface area contributed by atoms with Crippen molar-refractivity contribution >= 4 is 66.8 Å². The summed E-state index contributed by atoms with van der Waals surface area (Å²) >= 11 is 1.09. The number of benzene rings is 1. The number of ether oxygens (including phenoxy) is 1. The normalized spacial score (nSPS) is 16.1. The highest BCUT2D eigenvalue weighted by Crippen LogP contribution is 2.40. The van der Waals surface area contributed by atoms with E-state index < -0.39 is 45.7 Å². The number of aliphatic carboxylic acids is 1. The second kappa shape index (κ2) is 15.5. The number of anilines is 2. The first kappa shape index (κ1) is 37.8. The van der Waals surface area contributed by atoms with E-state index in [9.17, 15) is 31.2 Å². The van der Waals surface area contributed by atoms with Crippen LogP contribution in [-0.4, -0.2) is 89.4 Å². The quantitative estimate of drug-likeness (QED) is 0.0586. The lowest BCUT2D eigenvalue weighted by Gasteiger charge is -2.50. The number of hydrogen-bond acceptors (Lipinski definition) is 16. The number of carboxylic acids is 1. The molecule has 3 heterocycles. The lowest BCUT2D eigenvalue weighted by Crippen LogP contribution is -2.68. The summed E-state index contributed by atoms with van der Waals surface area (Å²) in [7, 11) is -4.92. The van der Waals surface area contributed by atoms with Crippen molar-refractivity contribution in [2.75, 3.05) is 37.4 Å². The van der Waals surface area contributed by atoms with Crippen LogP contribution in [0.15, 0.2) is 41.0 Å². The Bertz CT molecular complexity index is 1780. The van der Waals surface area contributed by atoms with Crippen LogP contribution in [0.5, 0.6) is 5.75 Å². The molecule has 1 aliphatic heterocycles. The van der Waals surface area contributed by atoms with Gasteiger partial charge in [0, 0.05) is 36.5 Å². The molecule has 17 nitrogen and oxygen atoms in total. The molecule has 22 heteroatoms. The van der Waals surface area contributed by atoms with Gasteiger partial charge in [0.2, 0.25) is 0 Å². The summed E-state index contributed by atoms with van der Waals surface area (Å²) in [6, 6.07) is 7.38. The summed E-state index contributed by atoms with van der Waals surface area (Å²) in [5, 5.41) is 20.0. The summed E-state index contributed by atoms with van der Waals surface area (Å²) in [6.45, 7) is 4.14. The van der Waals surface area contributed by atoms with E-state index in [1.165, 1.54) is 19.2 Å². The van der Waals surface area contributed by atoms with Crippen LogP contribution in [-0.2, 0) is 33.9 Å². The van der Waals surface area contributed by atoms with Gasteiger partial charge in [0.05, 0.1) is 11.5 Å². The zero-order chi connectivity index (χ0) is 35.9. The molecule has 1 unspecified atom stereocenters. The molecule has 0 radical (unpaired) electrons. The van der Waals surface area contributed by atoms with Crippen LogP contribution in [0.2, 0.25) is 0 Å². The molecule has 0 bridgehead atoms.